The molecule has 0 bridgehead atoms. The molecule has 2 N–H and O–H groups in total. The van der Waals surface area contributed by atoms with Gasteiger partial charge in [0.25, 0.3) is 0 Å². The molecule has 1 unspecified atom stereocenters. The van der Waals surface area contributed by atoms with Gasteiger partial charge in [-0.3, -0.25) is 4.79 Å². The van der Waals surface area contributed by atoms with Crippen LogP contribution in [-0.4, -0.2) is 42.2 Å². The number of hydrogen-bond acceptors (Lipinski definition) is 4. The fourth-order valence-corrected chi connectivity index (χ4v) is 4.22. The lowest BCUT2D eigenvalue weighted by Gasteiger charge is -2.22. The predicted octanol–water partition coefficient (Wildman–Crippen LogP) is 3.35. The molecule has 0 aliphatic rings. The molecule has 3 rings (SSSR count). The lowest BCUT2D eigenvalue weighted by Crippen LogP contribution is -2.41. The maximum absolute atomic E-state index is 12.7. The van der Waals surface area contributed by atoms with Crippen LogP contribution in [0.3, 0.4) is 0 Å². The maximum Gasteiger partial charge on any atom is 0.243 e. The summed E-state index contributed by atoms with van der Waals surface area (Å²) in [4.78, 5) is 20.5. The number of carbonyl (C=O) groups is 1. The number of aromatic amines is 1. The third-order valence-electron chi connectivity index (χ3n) is 4.57. The summed E-state index contributed by atoms with van der Waals surface area (Å²) in [6, 6.07) is 13.1. The number of halogens is 1. The number of aromatic nitrogens is 2. The van der Waals surface area contributed by atoms with Crippen molar-refractivity contribution in [2.75, 3.05) is 13.6 Å². The Hall–Kier alpha value is -2.42. The second-order valence-electron chi connectivity index (χ2n) is 7.14. The van der Waals surface area contributed by atoms with Gasteiger partial charge in [0, 0.05) is 12.1 Å². The number of fused-ring (bicyclic) bond motifs is 1. The fraction of sp³-hybridized carbons (Fsp3) is 0.300. The van der Waals surface area contributed by atoms with Crippen molar-refractivity contribution in [1.82, 2.24) is 19.6 Å². The first kappa shape index (κ1) is 21.3. The van der Waals surface area contributed by atoms with Gasteiger partial charge in [-0.05, 0) is 42.3 Å². The first-order chi connectivity index (χ1) is 13.7. The summed E-state index contributed by atoms with van der Waals surface area (Å²) >= 11 is 5.82. The Morgan fingerprint density at radius 3 is 2.45 bits per heavy atom. The van der Waals surface area contributed by atoms with E-state index in [1.165, 1.54) is 31.3 Å². The summed E-state index contributed by atoms with van der Waals surface area (Å²) in [6.07, 6.45) is 0. The lowest BCUT2D eigenvalue weighted by atomic mass is 10.0. The van der Waals surface area contributed by atoms with Crippen LogP contribution in [0, 0.1) is 5.92 Å². The smallest absolute Gasteiger partial charge is 0.243 e. The molecule has 2 aromatic carbocycles. The average molecular weight is 435 g/mol. The molecule has 0 aliphatic carbocycles. The molecule has 154 valence electrons. The van der Waals surface area contributed by atoms with Gasteiger partial charge in [0.2, 0.25) is 15.9 Å². The number of benzene rings is 2. The van der Waals surface area contributed by atoms with Crippen molar-refractivity contribution < 1.29 is 13.2 Å². The molecule has 0 saturated heterocycles. The number of carbonyl (C=O) groups excluding carboxylic acids is 1. The number of hydrogen-bond donors (Lipinski definition) is 2. The zero-order valence-corrected chi connectivity index (χ0v) is 18.0. The van der Waals surface area contributed by atoms with Crippen LogP contribution in [0.5, 0.6) is 0 Å². The quantitative estimate of drug-likeness (QED) is 0.596. The van der Waals surface area contributed by atoms with Crippen molar-refractivity contribution in [2.45, 2.75) is 24.8 Å². The third kappa shape index (κ3) is 4.77. The van der Waals surface area contributed by atoms with Gasteiger partial charge in [0.1, 0.15) is 5.82 Å². The molecule has 1 heterocycles. The van der Waals surface area contributed by atoms with Gasteiger partial charge < -0.3 is 10.3 Å². The molecule has 29 heavy (non-hydrogen) atoms. The Bertz CT molecular complexity index is 1080. The molecule has 0 fully saturated rings. The molecule has 9 heteroatoms. The number of nitrogens with one attached hydrogen (secondary N) is 2. The normalized spacial score (nSPS) is 13.2. The van der Waals surface area contributed by atoms with Crippen LogP contribution in [0.2, 0.25) is 5.02 Å². The molecular formula is C20H23ClN4O3S. The highest BCUT2D eigenvalue weighted by Gasteiger charge is 2.26. The molecular weight excluding hydrogens is 412 g/mol. The second kappa shape index (κ2) is 8.52. The van der Waals surface area contributed by atoms with Crippen molar-refractivity contribution in [3.05, 3.63) is 59.4 Å². The zero-order chi connectivity index (χ0) is 21.2. The van der Waals surface area contributed by atoms with Crippen molar-refractivity contribution in [2.24, 2.45) is 5.92 Å². The van der Waals surface area contributed by atoms with Crippen molar-refractivity contribution in [3.63, 3.8) is 0 Å². The number of H-pyrrole nitrogens is 1. The van der Waals surface area contributed by atoms with Gasteiger partial charge in [-0.15, -0.1) is 0 Å². The van der Waals surface area contributed by atoms with Crippen molar-refractivity contribution in [3.8, 4) is 0 Å². The van der Waals surface area contributed by atoms with Crippen LogP contribution in [-0.2, 0) is 14.8 Å². The molecule has 0 radical (unpaired) electrons. The van der Waals surface area contributed by atoms with Crippen LogP contribution in [0.15, 0.2) is 53.4 Å². The van der Waals surface area contributed by atoms with Crippen LogP contribution >= 0.6 is 11.6 Å². The van der Waals surface area contributed by atoms with E-state index < -0.39 is 15.9 Å². The van der Waals surface area contributed by atoms with E-state index in [0.29, 0.717) is 10.8 Å². The highest BCUT2D eigenvalue weighted by molar-refractivity contribution is 7.89. The van der Waals surface area contributed by atoms with Crippen LogP contribution in [0.4, 0.5) is 0 Å². The Labute approximate surface area is 175 Å². The SMILES string of the molecule is CC(C)C(NC(=O)CN(C)S(=O)(=O)c1ccc(Cl)cc1)c1nc2ccccc2[nH]1. The summed E-state index contributed by atoms with van der Waals surface area (Å²) in [6.45, 7) is 3.62. The van der Waals surface area contributed by atoms with Crippen molar-refractivity contribution in [1.29, 1.82) is 0 Å². The summed E-state index contributed by atoms with van der Waals surface area (Å²) in [5.74, 6) is 0.277. The molecule has 1 atom stereocenters. The second-order valence-corrected chi connectivity index (χ2v) is 9.62. The van der Waals surface area contributed by atoms with Gasteiger partial charge in [0.15, 0.2) is 0 Å². The van der Waals surface area contributed by atoms with E-state index in [9.17, 15) is 13.2 Å². The Kier molecular flexibility index (Phi) is 6.26. The van der Waals surface area contributed by atoms with E-state index in [-0.39, 0.29) is 23.4 Å². The van der Waals surface area contributed by atoms with Gasteiger partial charge in [-0.2, -0.15) is 4.31 Å². The maximum atomic E-state index is 12.7. The van der Waals surface area contributed by atoms with E-state index in [4.69, 9.17) is 11.6 Å². The van der Waals surface area contributed by atoms with E-state index in [1.54, 1.807) is 0 Å². The highest BCUT2D eigenvalue weighted by Crippen LogP contribution is 2.22. The number of nitrogens with zero attached hydrogens (tertiary/aromatic N) is 2. The molecule has 7 nitrogen and oxygen atoms in total. The summed E-state index contributed by atoms with van der Waals surface area (Å²) in [7, 11) is -2.43. The van der Waals surface area contributed by atoms with E-state index in [0.717, 1.165) is 15.3 Å². The lowest BCUT2D eigenvalue weighted by molar-refractivity contribution is -0.122. The average Bonchev–Trinajstić information content (AvgIpc) is 3.09. The summed E-state index contributed by atoms with van der Waals surface area (Å²) in [5, 5.41) is 3.34. The topological polar surface area (TPSA) is 95.2 Å². The molecule has 0 spiro atoms. The van der Waals surface area contributed by atoms with Gasteiger partial charge in [-0.1, -0.05) is 37.6 Å². The monoisotopic (exact) mass is 434 g/mol. The molecule has 1 amide bonds. The Morgan fingerprint density at radius 1 is 1.17 bits per heavy atom. The van der Waals surface area contributed by atoms with Crippen LogP contribution in [0.25, 0.3) is 11.0 Å². The van der Waals surface area contributed by atoms with E-state index >= 15 is 0 Å². The number of para-hydroxylation sites is 2. The van der Waals surface area contributed by atoms with Gasteiger partial charge >= 0.3 is 0 Å². The predicted molar refractivity (Wildman–Crippen MR) is 113 cm³/mol. The van der Waals surface area contributed by atoms with Crippen LogP contribution in [0.1, 0.15) is 25.7 Å². The Morgan fingerprint density at radius 2 is 1.83 bits per heavy atom. The summed E-state index contributed by atoms with van der Waals surface area (Å²) < 4.78 is 26.4. The van der Waals surface area contributed by atoms with E-state index in [1.807, 2.05) is 38.1 Å². The number of likely N-dealkylation sites (N-methyl/N-ethyl adjacent to an activating group) is 1. The Balaban J connectivity index is 1.74. The largest absolute Gasteiger partial charge is 0.345 e. The number of sulfonamides is 1. The number of imidazole rings is 1. The minimum Gasteiger partial charge on any atom is -0.345 e. The summed E-state index contributed by atoms with van der Waals surface area (Å²) in [5.41, 5.74) is 1.69. The molecule has 0 saturated carbocycles. The van der Waals surface area contributed by atoms with Gasteiger partial charge in [-0.25, -0.2) is 13.4 Å². The molecule has 0 aliphatic heterocycles. The first-order valence-electron chi connectivity index (χ1n) is 9.14. The number of amides is 1. The zero-order valence-electron chi connectivity index (χ0n) is 16.4. The van der Waals surface area contributed by atoms with E-state index in [2.05, 4.69) is 15.3 Å². The van der Waals surface area contributed by atoms with Crippen molar-refractivity contribution >= 4 is 38.6 Å². The molecule has 1 aromatic heterocycles. The highest BCUT2D eigenvalue weighted by atomic mass is 35.5. The third-order valence-corrected chi connectivity index (χ3v) is 6.64. The number of rotatable bonds is 7. The molecule has 3 aromatic rings. The minimum absolute atomic E-state index is 0.0534. The standard InChI is InChI=1S/C20H23ClN4O3S/c1-13(2)19(20-22-16-6-4-5-7-17(16)23-20)24-18(26)12-25(3)29(27,28)15-10-8-14(21)9-11-15/h4-11,13,19H,12H2,1-3H3,(H,22,23)(H,24,26). The fourth-order valence-electron chi connectivity index (χ4n) is 2.96. The van der Waals surface area contributed by atoms with Gasteiger partial charge in [0.05, 0.1) is 28.5 Å². The minimum atomic E-state index is -3.80. The van der Waals surface area contributed by atoms with Crippen LogP contribution < -0.4 is 5.32 Å². The first-order valence-corrected chi connectivity index (χ1v) is 11.0.